The first-order chi connectivity index (χ1) is 16.1. The van der Waals surface area contributed by atoms with E-state index < -0.39 is 0 Å². The molecule has 0 bridgehead atoms. The van der Waals surface area contributed by atoms with Crippen LogP contribution in [0.4, 0.5) is 17.2 Å². The third kappa shape index (κ3) is 4.55. The first-order valence-electron chi connectivity index (χ1n) is 10.9. The second-order valence-electron chi connectivity index (χ2n) is 8.13. The number of hydrogen-bond acceptors (Lipinski definition) is 7. The summed E-state index contributed by atoms with van der Waals surface area (Å²) in [6.07, 6.45) is 3.42. The first kappa shape index (κ1) is 21.4. The lowest BCUT2D eigenvalue weighted by Crippen LogP contribution is -2.44. The van der Waals surface area contributed by atoms with Gasteiger partial charge in [-0.05, 0) is 49.0 Å². The number of rotatable bonds is 5. The SMILES string of the molecule is COc1ncc(-c2ccc3ncnc(Nc4cccc(Cl)c4)c3c2)cc1N1CCN(C)CC1. The van der Waals surface area contributed by atoms with Gasteiger partial charge >= 0.3 is 0 Å². The summed E-state index contributed by atoms with van der Waals surface area (Å²) in [4.78, 5) is 18.2. The number of halogens is 1. The van der Waals surface area contributed by atoms with Crippen LogP contribution in [0.25, 0.3) is 22.0 Å². The highest BCUT2D eigenvalue weighted by atomic mass is 35.5. The number of nitrogens with zero attached hydrogens (tertiary/aromatic N) is 5. The van der Waals surface area contributed by atoms with Crippen molar-refractivity contribution in [3.05, 3.63) is 66.1 Å². The Kier molecular flexibility index (Phi) is 5.98. The summed E-state index contributed by atoms with van der Waals surface area (Å²) in [6, 6.07) is 15.9. The number of fused-ring (bicyclic) bond motifs is 1. The van der Waals surface area contributed by atoms with Crippen LogP contribution in [-0.4, -0.2) is 60.2 Å². The Morgan fingerprint density at radius 2 is 1.79 bits per heavy atom. The van der Waals surface area contributed by atoms with E-state index in [0.29, 0.717) is 10.9 Å². The molecule has 0 aliphatic carbocycles. The highest BCUT2D eigenvalue weighted by Crippen LogP contribution is 2.34. The van der Waals surface area contributed by atoms with Gasteiger partial charge in [0.05, 0.1) is 12.6 Å². The van der Waals surface area contributed by atoms with Gasteiger partial charge in [-0.3, -0.25) is 0 Å². The van der Waals surface area contributed by atoms with Crippen LogP contribution in [0.3, 0.4) is 0 Å². The molecule has 1 N–H and O–H groups in total. The van der Waals surface area contributed by atoms with Crippen LogP contribution in [0.2, 0.25) is 5.02 Å². The van der Waals surface area contributed by atoms with Gasteiger partial charge in [0, 0.05) is 54.0 Å². The van der Waals surface area contributed by atoms with Crippen LogP contribution >= 0.6 is 11.6 Å². The summed E-state index contributed by atoms with van der Waals surface area (Å²) in [7, 11) is 3.82. The van der Waals surface area contributed by atoms with Crippen molar-refractivity contribution in [2.75, 3.05) is 50.6 Å². The van der Waals surface area contributed by atoms with Gasteiger partial charge < -0.3 is 19.9 Å². The van der Waals surface area contributed by atoms with Gasteiger partial charge in [-0.1, -0.05) is 23.7 Å². The van der Waals surface area contributed by atoms with Crippen LogP contribution in [0.1, 0.15) is 0 Å². The summed E-state index contributed by atoms with van der Waals surface area (Å²) in [5, 5.41) is 4.96. The van der Waals surface area contributed by atoms with Gasteiger partial charge in [-0.15, -0.1) is 0 Å². The molecule has 2 aromatic carbocycles. The zero-order valence-electron chi connectivity index (χ0n) is 18.6. The van der Waals surface area contributed by atoms with Gasteiger partial charge in [0.2, 0.25) is 5.88 Å². The third-order valence-electron chi connectivity index (χ3n) is 5.93. The van der Waals surface area contributed by atoms with Gasteiger partial charge in [0.15, 0.2) is 0 Å². The van der Waals surface area contributed by atoms with E-state index in [0.717, 1.165) is 65.4 Å². The molecule has 0 saturated carbocycles. The van der Waals surface area contributed by atoms with Crippen molar-refractivity contribution in [3.63, 3.8) is 0 Å². The lowest BCUT2D eigenvalue weighted by molar-refractivity contribution is 0.310. The monoisotopic (exact) mass is 460 g/mol. The molecule has 5 rings (SSSR count). The fraction of sp³-hybridized carbons (Fsp3) is 0.240. The van der Waals surface area contributed by atoms with Crippen molar-refractivity contribution in [1.82, 2.24) is 19.9 Å². The minimum absolute atomic E-state index is 0.649. The average Bonchev–Trinajstić information content (AvgIpc) is 2.84. The molecule has 4 aromatic rings. The maximum atomic E-state index is 6.15. The van der Waals surface area contributed by atoms with Crippen LogP contribution in [0, 0.1) is 0 Å². The molecule has 1 fully saturated rings. The smallest absolute Gasteiger partial charge is 0.237 e. The summed E-state index contributed by atoms with van der Waals surface area (Å²) in [5.74, 6) is 1.38. The number of likely N-dealkylation sites (N-methyl/N-ethyl adjacent to an activating group) is 1. The number of nitrogens with one attached hydrogen (secondary N) is 1. The van der Waals surface area contributed by atoms with Crippen LogP contribution in [0.5, 0.6) is 5.88 Å². The van der Waals surface area contributed by atoms with E-state index in [9.17, 15) is 0 Å². The largest absolute Gasteiger partial charge is 0.480 e. The minimum atomic E-state index is 0.649. The zero-order chi connectivity index (χ0) is 22.8. The number of aromatic nitrogens is 3. The number of anilines is 3. The predicted octanol–water partition coefficient (Wildman–Crippen LogP) is 4.85. The Labute approximate surface area is 198 Å². The summed E-state index contributed by atoms with van der Waals surface area (Å²) >= 11 is 6.15. The van der Waals surface area contributed by atoms with E-state index in [-0.39, 0.29) is 0 Å². The second-order valence-corrected chi connectivity index (χ2v) is 8.57. The number of ether oxygens (including phenoxy) is 1. The lowest BCUT2D eigenvalue weighted by atomic mass is 10.0. The van der Waals surface area contributed by atoms with Crippen molar-refractivity contribution in [3.8, 4) is 17.0 Å². The Balaban J connectivity index is 1.53. The molecular weight excluding hydrogens is 436 g/mol. The predicted molar refractivity (Wildman–Crippen MR) is 134 cm³/mol. The van der Waals surface area contributed by atoms with Crippen LogP contribution < -0.4 is 15.0 Å². The molecule has 1 aliphatic heterocycles. The molecule has 0 atom stereocenters. The molecular formula is C25H25ClN6O. The van der Waals surface area contributed by atoms with E-state index in [2.05, 4.69) is 55.3 Å². The topological polar surface area (TPSA) is 66.4 Å². The molecule has 0 radical (unpaired) electrons. The molecule has 1 saturated heterocycles. The molecule has 8 heteroatoms. The van der Waals surface area contributed by atoms with Crippen molar-refractivity contribution in [2.45, 2.75) is 0 Å². The van der Waals surface area contributed by atoms with E-state index in [1.807, 2.05) is 36.5 Å². The Hall–Kier alpha value is -3.42. The number of methoxy groups -OCH3 is 1. The van der Waals surface area contributed by atoms with Crippen molar-refractivity contribution in [1.29, 1.82) is 0 Å². The highest BCUT2D eigenvalue weighted by molar-refractivity contribution is 6.30. The minimum Gasteiger partial charge on any atom is -0.480 e. The van der Waals surface area contributed by atoms with Crippen LogP contribution in [0.15, 0.2) is 61.1 Å². The van der Waals surface area contributed by atoms with Gasteiger partial charge in [-0.2, -0.15) is 0 Å². The van der Waals surface area contributed by atoms with Crippen molar-refractivity contribution in [2.24, 2.45) is 0 Å². The Morgan fingerprint density at radius 3 is 2.58 bits per heavy atom. The van der Waals surface area contributed by atoms with E-state index in [1.54, 1.807) is 13.4 Å². The summed E-state index contributed by atoms with van der Waals surface area (Å²) in [5.41, 5.74) is 4.81. The Bertz CT molecular complexity index is 1290. The fourth-order valence-corrected chi connectivity index (χ4v) is 4.26. The van der Waals surface area contributed by atoms with E-state index in [4.69, 9.17) is 16.3 Å². The highest BCUT2D eigenvalue weighted by Gasteiger charge is 2.19. The maximum absolute atomic E-state index is 6.15. The molecule has 33 heavy (non-hydrogen) atoms. The molecule has 7 nitrogen and oxygen atoms in total. The second kappa shape index (κ2) is 9.21. The Morgan fingerprint density at radius 1 is 0.939 bits per heavy atom. The number of hydrogen-bond donors (Lipinski definition) is 1. The molecule has 168 valence electrons. The molecule has 1 aliphatic rings. The summed E-state index contributed by atoms with van der Waals surface area (Å²) < 4.78 is 5.57. The fourth-order valence-electron chi connectivity index (χ4n) is 4.07. The van der Waals surface area contributed by atoms with Gasteiger partial charge in [0.1, 0.15) is 17.8 Å². The average molecular weight is 461 g/mol. The number of piperazine rings is 1. The molecule has 0 amide bonds. The normalized spacial score (nSPS) is 14.5. The standard InChI is InChI=1S/C25H25ClN6O/c1-31-8-10-32(11-9-31)23-13-18(15-27-25(23)33-2)17-6-7-22-21(12-17)24(29-16-28-22)30-20-5-3-4-19(26)14-20/h3-7,12-16H,8-11H2,1-2H3,(H,28,29,30). The first-order valence-corrected chi connectivity index (χ1v) is 11.2. The molecule has 0 spiro atoms. The van der Waals surface area contributed by atoms with Gasteiger partial charge in [0.25, 0.3) is 0 Å². The van der Waals surface area contributed by atoms with Gasteiger partial charge in [-0.25, -0.2) is 15.0 Å². The van der Waals surface area contributed by atoms with Crippen LogP contribution in [-0.2, 0) is 0 Å². The quantitative estimate of drug-likeness (QED) is 0.456. The summed E-state index contributed by atoms with van der Waals surface area (Å²) in [6.45, 7) is 3.91. The maximum Gasteiger partial charge on any atom is 0.237 e. The van der Waals surface area contributed by atoms with Crippen molar-refractivity contribution >= 4 is 39.7 Å². The third-order valence-corrected chi connectivity index (χ3v) is 6.16. The lowest BCUT2D eigenvalue weighted by Gasteiger charge is -2.34. The molecule has 3 heterocycles. The van der Waals surface area contributed by atoms with E-state index >= 15 is 0 Å². The molecule has 0 unspecified atom stereocenters. The number of pyridine rings is 1. The van der Waals surface area contributed by atoms with Crippen molar-refractivity contribution < 1.29 is 4.74 Å². The molecule has 2 aromatic heterocycles. The van der Waals surface area contributed by atoms with E-state index in [1.165, 1.54) is 0 Å². The zero-order valence-corrected chi connectivity index (χ0v) is 19.4. The number of benzene rings is 2.